The molecule has 0 fully saturated rings. The molecule has 7 heteroatoms. The number of nitrogens with one attached hydrogen (secondary N) is 1. The van der Waals surface area contributed by atoms with E-state index in [0.717, 1.165) is 16.0 Å². The standard InChI is InChI=1S/C19H21N3O3S/c1-12(23)10-20-15(24)8-9-22-11-21-18-17(19(22)25)16(13(2)26-18)14-6-4-3-5-7-14/h3-7,11-12,23H,8-10H2,1-2H3,(H,20,24). The average Bonchev–Trinajstić information content (AvgIpc) is 2.97. The van der Waals surface area contributed by atoms with E-state index in [9.17, 15) is 14.7 Å². The van der Waals surface area contributed by atoms with Gasteiger partial charge in [-0.15, -0.1) is 11.3 Å². The van der Waals surface area contributed by atoms with Crippen LogP contribution in [0.1, 0.15) is 18.2 Å². The molecule has 1 unspecified atom stereocenters. The van der Waals surface area contributed by atoms with E-state index in [4.69, 9.17) is 0 Å². The number of carbonyl (C=O) groups is 1. The summed E-state index contributed by atoms with van der Waals surface area (Å²) in [6.45, 7) is 4.04. The fourth-order valence-corrected chi connectivity index (χ4v) is 3.82. The number of rotatable bonds is 6. The summed E-state index contributed by atoms with van der Waals surface area (Å²) in [5.74, 6) is -0.206. The Kier molecular flexibility index (Phi) is 5.49. The predicted molar refractivity (Wildman–Crippen MR) is 103 cm³/mol. The summed E-state index contributed by atoms with van der Waals surface area (Å²) in [6, 6.07) is 9.79. The first kappa shape index (κ1) is 18.3. The van der Waals surface area contributed by atoms with Crippen molar-refractivity contribution in [1.82, 2.24) is 14.9 Å². The highest BCUT2D eigenvalue weighted by molar-refractivity contribution is 7.19. The third-order valence-corrected chi connectivity index (χ3v) is 5.10. The van der Waals surface area contributed by atoms with Crippen LogP contribution in [0.5, 0.6) is 0 Å². The van der Waals surface area contributed by atoms with Crippen LogP contribution >= 0.6 is 11.3 Å². The molecule has 2 N–H and O–H groups in total. The van der Waals surface area contributed by atoms with Crippen molar-refractivity contribution >= 4 is 27.5 Å². The zero-order valence-electron chi connectivity index (χ0n) is 14.7. The Morgan fingerprint density at radius 3 is 2.77 bits per heavy atom. The molecular formula is C19H21N3O3S. The SMILES string of the molecule is Cc1sc2ncn(CCC(=O)NCC(C)O)c(=O)c2c1-c1ccccc1. The first-order valence-electron chi connectivity index (χ1n) is 8.46. The minimum atomic E-state index is -0.595. The smallest absolute Gasteiger partial charge is 0.262 e. The Morgan fingerprint density at radius 1 is 1.35 bits per heavy atom. The normalized spacial score (nSPS) is 12.3. The van der Waals surface area contributed by atoms with E-state index in [1.54, 1.807) is 6.92 Å². The third-order valence-electron chi connectivity index (χ3n) is 4.09. The van der Waals surface area contributed by atoms with Crippen LogP contribution in [0.25, 0.3) is 21.3 Å². The van der Waals surface area contributed by atoms with Crippen molar-refractivity contribution < 1.29 is 9.90 Å². The van der Waals surface area contributed by atoms with Gasteiger partial charge in [-0.25, -0.2) is 4.98 Å². The van der Waals surface area contributed by atoms with E-state index < -0.39 is 6.10 Å². The van der Waals surface area contributed by atoms with Crippen molar-refractivity contribution in [2.45, 2.75) is 32.9 Å². The molecule has 2 heterocycles. The van der Waals surface area contributed by atoms with E-state index in [2.05, 4.69) is 10.3 Å². The summed E-state index contributed by atoms with van der Waals surface area (Å²) in [5.41, 5.74) is 1.76. The Hall–Kier alpha value is -2.51. The number of aryl methyl sites for hydroxylation is 2. The Balaban J connectivity index is 1.91. The molecule has 0 saturated heterocycles. The van der Waals surface area contributed by atoms with Crippen molar-refractivity contribution in [2.75, 3.05) is 6.54 Å². The zero-order chi connectivity index (χ0) is 18.7. The molecule has 1 amide bonds. The van der Waals surface area contributed by atoms with Crippen LogP contribution in [0.2, 0.25) is 0 Å². The molecular weight excluding hydrogens is 350 g/mol. The van der Waals surface area contributed by atoms with Crippen LogP contribution < -0.4 is 10.9 Å². The highest BCUT2D eigenvalue weighted by Gasteiger charge is 2.17. The van der Waals surface area contributed by atoms with Crippen molar-refractivity contribution in [3.8, 4) is 11.1 Å². The van der Waals surface area contributed by atoms with Gasteiger partial charge < -0.3 is 10.4 Å². The topological polar surface area (TPSA) is 84.2 Å². The molecule has 6 nitrogen and oxygen atoms in total. The minimum Gasteiger partial charge on any atom is -0.392 e. The summed E-state index contributed by atoms with van der Waals surface area (Å²) in [5, 5.41) is 12.4. The van der Waals surface area contributed by atoms with Gasteiger partial charge in [0, 0.05) is 30.0 Å². The van der Waals surface area contributed by atoms with Crippen LogP contribution in [-0.2, 0) is 11.3 Å². The van der Waals surface area contributed by atoms with Gasteiger partial charge in [0.2, 0.25) is 5.91 Å². The van der Waals surface area contributed by atoms with Gasteiger partial charge in [-0.05, 0) is 19.4 Å². The summed E-state index contributed by atoms with van der Waals surface area (Å²) < 4.78 is 1.48. The van der Waals surface area contributed by atoms with Crippen LogP contribution in [0.4, 0.5) is 0 Å². The fraction of sp³-hybridized carbons (Fsp3) is 0.316. The predicted octanol–water partition coefficient (Wildman–Crippen LogP) is 2.32. The lowest BCUT2D eigenvalue weighted by atomic mass is 10.0. The van der Waals surface area contributed by atoms with Crippen molar-refractivity contribution in [3.63, 3.8) is 0 Å². The molecule has 26 heavy (non-hydrogen) atoms. The highest BCUT2D eigenvalue weighted by atomic mass is 32.1. The number of nitrogens with zero attached hydrogens (tertiary/aromatic N) is 2. The first-order chi connectivity index (χ1) is 12.5. The van der Waals surface area contributed by atoms with Gasteiger partial charge in [0.25, 0.3) is 5.56 Å². The lowest BCUT2D eigenvalue weighted by Crippen LogP contribution is -2.32. The number of hydrogen-bond acceptors (Lipinski definition) is 5. The molecule has 2 aromatic heterocycles. The molecule has 1 atom stereocenters. The fourth-order valence-electron chi connectivity index (χ4n) is 2.82. The molecule has 0 saturated carbocycles. The molecule has 0 spiro atoms. The van der Waals surface area contributed by atoms with Crippen molar-refractivity contribution in [1.29, 1.82) is 0 Å². The van der Waals surface area contributed by atoms with Crippen LogP contribution in [0, 0.1) is 6.92 Å². The zero-order valence-corrected chi connectivity index (χ0v) is 15.5. The maximum absolute atomic E-state index is 13.0. The second kappa shape index (κ2) is 7.80. The van der Waals surface area contributed by atoms with E-state index in [-0.39, 0.29) is 31.0 Å². The number of fused-ring (bicyclic) bond motifs is 1. The van der Waals surface area contributed by atoms with E-state index in [1.807, 2.05) is 37.3 Å². The maximum Gasteiger partial charge on any atom is 0.262 e. The number of benzene rings is 1. The number of aliphatic hydroxyl groups is 1. The Morgan fingerprint density at radius 2 is 2.08 bits per heavy atom. The summed E-state index contributed by atoms with van der Waals surface area (Å²) in [4.78, 5) is 31.0. The summed E-state index contributed by atoms with van der Waals surface area (Å²) in [7, 11) is 0. The Labute approximate surface area is 155 Å². The maximum atomic E-state index is 13.0. The van der Waals surface area contributed by atoms with Gasteiger partial charge in [0.1, 0.15) is 4.83 Å². The van der Waals surface area contributed by atoms with Gasteiger partial charge in [0.15, 0.2) is 0 Å². The first-order valence-corrected chi connectivity index (χ1v) is 9.27. The molecule has 0 radical (unpaired) electrons. The molecule has 0 aliphatic heterocycles. The van der Waals surface area contributed by atoms with E-state index in [0.29, 0.717) is 10.2 Å². The van der Waals surface area contributed by atoms with Gasteiger partial charge in [-0.2, -0.15) is 0 Å². The van der Waals surface area contributed by atoms with Crippen LogP contribution in [0.15, 0.2) is 41.5 Å². The van der Waals surface area contributed by atoms with Gasteiger partial charge >= 0.3 is 0 Å². The summed E-state index contributed by atoms with van der Waals surface area (Å²) in [6.07, 6.45) is 1.06. The lowest BCUT2D eigenvalue weighted by molar-refractivity contribution is -0.121. The Bertz CT molecular complexity index is 977. The molecule has 0 bridgehead atoms. The molecule has 3 rings (SSSR count). The van der Waals surface area contributed by atoms with Crippen LogP contribution in [-0.4, -0.2) is 33.2 Å². The van der Waals surface area contributed by atoms with Gasteiger partial charge in [-0.1, -0.05) is 30.3 Å². The second-order valence-corrected chi connectivity index (χ2v) is 7.43. The molecule has 136 valence electrons. The molecule has 0 aliphatic rings. The lowest BCUT2D eigenvalue weighted by Gasteiger charge is -2.08. The van der Waals surface area contributed by atoms with Crippen molar-refractivity contribution in [2.24, 2.45) is 0 Å². The monoisotopic (exact) mass is 371 g/mol. The number of amides is 1. The second-order valence-electron chi connectivity index (χ2n) is 6.23. The van der Waals surface area contributed by atoms with Gasteiger partial charge in [0.05, 0.1) is 17.8 Å². The largest absolute Gasteiger partial charge is 0.392 e. The number of hydrogen-bond donors (Lipinski definition) is 2. The minimum absolute atomic E-state index is 0.137. The van der Waals surface area contributed by atoms with Gasteiger partial charge in [-0.3, -0.25) is 14.2 Å². The number of aliphatic hydroxyl groups excluding tert-OH is 1. The number of aromatic nitrogens is 2. The summed E-state index contributed by atoms with van der Waals surface area (Å²) >= 11 is 1.50. The number of thiophene rings is 1. The average molecular weight is 371 g/mol. The highest BCUT2D eigenvalue weighted by Crippen LogP contribution is 2.35. The number of carbonyl (C=O) groups excluding carboxylic acids is 1. The quantitative estimate of drug-likeness (QED) is 0.696. The van der Waals surface area contributed by atoms with E-state index >= 15 is 0 Å². The van der Waals surface area contributed by atoms with Crippen LogP contribution in [0.3, 0.4) is 0 Å². The van der Waals surface area contributed by atoms with E-state index in [1.165, 1.54) is 22.2 Å². The third kappa shape index (κ3) is 3.84. The molecule has 1 aromatic carbocycles. The molecule has 3 aromatic rings. The van der Waals surface area contributed by atoms with Crippen molar-refractivity contribution in [3.05, 3.63) is 51.9 Å². The molecule has 0 aliphatic carbocycles.